The summed E-state index contributed by atoms with van der Waals surface area (Å²) < 4.78 is 0. The van der Waals surface area contributed by atoms with Crippen molar-refractivity contribution in [3.8, 4) is 0 Å². The molecule has 0 radical (unpaired) electrons. The molecule has 1 aliphatic rings. The lowest BCUT2D eigenvalue weighted by Gasteiger charge is -2.23. The quantitative estimate of drug-likeness (QED) is 0.902. The van der Waals surface area contributed by atoms with Crippen molar-refractivity contribution < 1.29 is 4.79 Å². The molecule has 1 aromatic heterocycles. The molecule has 2 rings (SSSR count). The number of likely N-dealkylation sites (N-methyl/N-ethyl adjacent to an activating group) is 1. The van der Waals surface area contributed by atoms with Crippen molar-refractivity contribution in [1.82, 2.24) is 15.2 Å². The van der Waals surface area contributed by atoms with Gasteiger partial charge in [0.1, 0.15) is 5.69 Å². The molecule has 1 aliphatic heterocycles. The fraction of sp³-hybridized carbons (Fsp3) is 0.500. The molecule has 1 atom stereocenters. The second kappa shape index (κ2) is 7.56. The van der Waals surface area contributed by atoms with Crippen LogP contribution in [-0.4, -0.2) is 42.0 Å². The van der Waals surface area contributed by atoms with Crippen LogP contribution in [0.2, 0.25) is 0 Å². The number of hydrogen-bond donors (Lipinski definition) is 1. The van der Waals surface area contributed by atoms with Gasteiger partial charge < -0.3 is 10.2 Å². The zero-order valence-corrected chi connectivity index (χ0v) is 12.2. The molecule has 18 heavy (non-hydrogen) atoms. The first kappa shape index (κ1) is 17.2. The molecule has 1 unspecified atom stereocenters. The molecule has 0 aromatic carbocycles. The first-order valence-electron chi connectivity index (χ1n) is 5.59. The van der Waals surface area contributed by atoms with E-state index in [4.69, 9.17) is 0 Å². The molecule has 0 bridgehead atoms. The fourth-order valence-corrected chi connectivity index (χ4v) is 2.01. The molecule has 102 valence electrons. The number of hydrogen-bond acceptors (Lipinski definition) is 3. The maximum Gasteiger partial charge on any atom is 0.272 e. The van der Waals surface area contributed by atoms with Gasteiger partial charge in [-0.25, -0.2) is 0 Å². The molecule has 1 N–H and O–H groups in total. The van der Waals surface area contributed by atoms with Crippen LogP contribution in [0.25, 0.3) is 0 Å². The normalized spacial score (nSPS) is 17.6. The highest BCUT2D eigenvalue weighted by Gasteiger charge is 2.25. The maximum absolute atomic E-state index is 12.2. The SMILES string of the molecule is Cc1cccnc1C(=O)N(C)C1CCNC1.Cl.Cl. The summed E-state index contributed by atoms with van der Waals surface area (Å²) in [7, 11) is 1.86. The molecular formula is C12H19Cl2N3O. The van der Waals surface area contributed by atoms with Crippen LogP contribution in [0.3, 0.4) is 0 Å². The van der Waals surface area contributed by atoms with E-state index < -0.39 is 0 Å². The van der Waals surface area contributed by atoms with Gasteiger partial charge in [-0.1, -0.05) is 6.07 Å². The van der Waals surface area contributed by atoms with Gasteiger partial charge in [0.2, 0.25) is 0 Å². The zero-order valence-electron chi connectivity index (χ0n) is 10.5. The first-order valence-corrected chi connectivity index (χ1v) is 5.59. The van der Waals surface area contributed by atoms with Crippen LogP contribution in [0, 0.1) is 6.92 Å². The van der Waals surface area contributed by atoms with Gasteiger partial charge in [0, 0.05) is 25.8 Å². The Hall–Kier alpha value is -0.840. The van der Waals surface area contributed by atoms with Gasteiger partial charge >= 0.3 is 0 Å². The smallest absolute Gasteiger partial charge is 0.272 e. The van der Waals surface area contributed by atoms with Crippen molar-refractivity contribution in [3.05, 3.63) is 29.6 Å². The fourth-order valence-electron chi connectivity index (χ4n) is 2.01. The van der Waals surface area contributed by atoms with Gasteiger partial charge in [-0.3, -0.25) is 9.78 Å². The van der Waals surface area contributed by atoms with Crippen molar-refractivity contribution in [3.63, 3.8) is 0 Å². The zero-order chi connectivity index (χ0) is 11.5. The monoisotopic (exact) mass is 291 g/mol. The lowest BCUT2D eigenvalue weighted by Crippen LogP contribution is -2.39. The lowest BCUT2D eigenvalue weighted by molar-refractivity contribution is 0.0737. The summed E-state index contributed by atoms with van der Waals surface area (Å²) in [6.07, 6.45) is 2.69. The van der Waals surface area contributed by atoms with E-state index in [0.29, 0.717) is 11.7 Å². The molecule has 1 fully saturated rings. The van der Waals surface area contributed by atoms with Gasteiger partial charge in [-0.15, -0.1) is 24.8 Å². The molecule has 0 aliphatic carbocycles. The Labute approximate surface area is 120 Å². The second-order valence-electron chi connectivity index (χ2n) is 4.23. The van der Waals surface area contributed by atoms with Crippen molar-refractivity contribution in [2.75, 3.05) is 20.1 Å². The van der Waals surface area contributed by atoms with E-state index in [1.807, 2.05) is 26.1 Å². The van der Waals surface area contributed by atoms with Gasteiger partial charge in [0.15, 0.2) is 0 Å². The van der Waals surface area contributed by atoms with E-state index >= 15 is 0 Å². The number of aromatic nitrogens is 1. The molecule has 0 saturated carbocycles. The summed E-state index contributed by atoms with van der Waals surface area (Å²) in [6.45, 7) is 3.79. The third-order valence-corrected chi connectivity index (χ3v) is 3.11. The average molecular weight is 292 g/mol. The number of carbonyl (C=O) groups is 1. The van der Waals surface area contributed by atoms with Gasteiger partial charge in [0.05, 0.1) is 0 Å². The predicted octanol–water partition coefficient (Wildman–Crippen LogP) is 1.67. The summed E-state index contributed by atoms with van der Waals surface area (Å²) in [5, 5.41) is 3.26. The standard InChI is InChI=1S/C12H17N3O.2ClH/c1-9-4-3-6-14-11(9)12(16)15(2)10-5-7-13-8-10;;/h3-4,6,10,13H,5,7-8H2,1-2H3;2*1H. The van der Waals surface area contributed by atoms with Crippen molar-refractivity contribution in [2.24, 2.45) is 0 Å². The summed E-state index contributed by atoms with van der Waals surface area (Å²) in [6, 6.07) is 4.07. The molecule has 0 spiro atoms. The Balaban J connectivity index is 0.00000144. The highest BCUT2D eigenvalue weighted by molar-refractivity contribution is 5.93. The largest absolute Gasteiger partial charge is 0.336 e. The van der Waals surface area contributed by atoms with Crippen LogP contribution in [0.5, 0.6) is 0 Å². The van der Waals surface area contributed by atoms with Gasteiger partial charge in [-0.05, 0) is 31.5 Å². The van der Waals surface area contributed by atoms with Crippen molar-refractivity contribution >= 4 is 30.7 Å². The number of pyridine rings is 1. The maximum atomic E-state index is 12.2. The van der Waals surface area contributed by atoms with Crippen molar-refractivity contribution in [1.29, 1.82) is 0 Å². The number of nitrogens with zero attached hydrogens (tertiary/aromatic N) is 2. The second-order valence-corrected chi connectivity index (χ2v) is 4.23. The number of rotatable bonds is 2. The Morgan fingerprint density at radius 3 is 2.78 bits per heavy atom. The van der Waals surface area contributed by atoms with E-state index in [1.54, 1.807) is 11.1 Å². The van der Waals surface area contributed by atoms with Crippen LogP contribution >= 0.6 is 24.8 Å². The molecule has 2 heterocycles. The number of nitrogens with one attached hydrogen (secondary N) is 1. The summed E-state index contributed by atoms with van der Waals surface area (Å²) >= 11 is 0. The molecule has 4 nitrogen and oxygen atoms in total. The van der Waals surface area contributed by atoms with Crippen LogP contribution in [0.4, 0.5) is 0 Å². The Morgan fingerprint density at radius 1 is 1.50 bits per heavy atom. The Kier molecular flexibility index (Phi) is 7.21. The average Bonchev–Trinajstić information content (AvgIpc) is 2.81. The van der Waals surface area contributed by atoms with Crippen molar-refractivity contribution in [2.45, 2.75) is 19.4 Å². The van der Waals surface area contributed by atoms with E-state index in [2.05, 4.69) is 10.3 Å². The van der Waals surface area contributed by atoms with Gasteiger partial charge in [-0.2, -0.15) is 0 Å². The highest BCUT2D eigenvalue weighted by atomic mass is 35.5. The third-order valence-electron chi connectivity index (χ3n) is 3.11. The molecule has 1 saturated heterocycles. The minimum Gasteiger partial charge on any atom is -0.336 e. The molecule has 6 heteroatoms. The van der Waals surface area contributed by atoms with E-state index in [1.165, 1.54) is 0 Å². The molecule has 1 aromatic rings. The number of carbonyl (C=O) groups excluding carboxylic acids is 1. The van der Waals surface area contributed by atoms with Crippen LogP contribution in [0.1, 0.15) is 22.5 Å². The summed E-state index contributed by atoms with van der Waals surface area (Å²) in [5.74, 6) is 0.0202. The predicted molar refractivity (Wildman–Crippen MR) is 76.8 cm³/mol. The lowest BCUT2D eigenvalue weighted by atomic mass is 10.1. The Bertz CT molecular complexity index is 395. The minimum absolute atomic E-state index is 0. The van der Waals surface area contributed by atoms with E-state index in [-0.39, 0.29) is 30.7 Å². The van der Waals surface area contributed by atoms with Crippen LogP contribution in [0.15, 0.2) is 18.3 Å². The first-order chi connectivity index (χ1) is 7.70. The van der Waals surface area contributed by atoms with Crippen LogP contribution in [-0.2, 0) is 0 Å². The number of aryl methyl sites for hydroxylation is 1. The third kappa shape index (κ3) is 3.57. The van der Waals surface area contributed by atoms with E-state index in [0.717, 1.165) is 25.1 Å². The molecule has 1 amide bonds. The number of halogens is 2. The highest BCUT2D eigenvalue weighted by Crippen LogP contribution is 2.12. The van der Waals surface area contributed by atoms with Crippen LogP contribution < -0.4 is 5.32 Å². The number of amides is 1. The molecular weight excluding hydrogens is 273 g/mol. The summed E-state index contributed by atoms with van der Waals surface area (Å²) in [4.78, 5) is 18.1. The minimum atomic E-state index is 0. The van der Waals surface area contributed by atoms with E-state index in [9.17, 15) is 4.79 Å². The van der Waals surface area contributed by atoms with Gasteiger partial charge in [0.25, 0.3) is 5.91 Å². The Morgan fingerprint density at radius 2 is 2.22 bits per heavy atom. The topological polar surface area (TPSA) is 45.2 Å². The summed E-state index contributed by atoms with van der Waals surface area (Å²) in [5.41, 5.74) is 1.50.